The molecular weight excluding hydrogens is 162 g/mol. The first-order valence-corrected chi connectivity index (χ1v) is 4.72. The van der Waals surface area contributed by atoms with Crippen LogP contribution in [0.2, 0.25) is 0 Å². The van der Waals surface area contributed by atoms with Gasteiger partial charge in [-0.15, -0.1) is 0 Å². The monoisotopic (exact) mass is 177 g/mol. The zero-order chi connectivity index (χ0) is 9.10. The highest BCUT2D eigenvalue weighted by Crippen LogP contribution is 2.22. The average Bonchev–Trinajstić information content (AvgIpc) is 2.19. The number of hydrogen-bond donors (Lipinski definition) is 1. The second-order valence-electron chi connectivity index (χ2n) is 3.41. The summed E-state index contributed by atoms with van der Waals surface area (Å²) in [5, 5.41) is 3.45. The molecule has 2 nitrogen and oxygen atoms in total. The molecular formula is C11H15NO. The van der Waals surface area contributed by atoms with Crippen molar-refractivity contribution >= 4 is 0 Å². The number of ether oxygens (including phenoxy) is 1. The summed E-state index contributed by atoms with van der Waals surface area (Å²) in [5.41, 5.74) is 2.86. The van der Waals surface area contributed by atoms with Gasteiger partial charge in [0.05, 0.1) is 12.6 Å². The Morgan fingerprint density at radius 1 is 1.46 bits per heavy atom. The van der Waals surface area contributed by atoms with Crippen molar-refractivity contribution in [1.82, 2.24) is 5.32 Å². The maximum Gasteiger partial charge on any atom is 0.0657 e. The third-order valence-corrected chi connectivity index (χ3v) is 2.55. The molecule has 1 aliphatic rings. The Morgan fingerprint density at radius 2 is 2.31 bits per heavy atom. The van der Waals surface area contributed by atoms with Crippen LogP contribution in [-0.2, 0) is 11.2 Å². The van der Waals surface area contributed by atoms with Gasteiger partial charge in [0.1, 0.15) is 0 Å². The first-order valence-electron chi connectivity index (χ1n) is 4.72. The molecule has 0 saturated carbocycles. The number of nitrogens with one attached hydrogen (secondary N) is 1. The molecule has 0 fully saturated rings. The molecule has 1 atom stereocenters. The Morgan fingerprint density at radius 3 is 3.15 bits per heavy atom. The van der Waals surface area contributed by atoms with Crippen LogP contribution in [0.25, 0.3) is 0 Å². The standard InChI is InChI=1S/C11H15NO/c1-13-8-11-10-5-3-2-4-9(10)6-7-12-11/h2-5,11-12H,6-8H2,1H3/t11-/m1/s1. The van der Waals surface area contributed by atoms with Gasteiger partial charge in [-0.05, 0) is 24.1 Å². The normalized spacial score (nSPS) is 21.2. The summed E-state index contributed by atoms with van der Waals surface area (Å²) in [6.45, 7) is 1.82. The van der Waals surface area contributed by atoms with E-state index in [1.54, 1.807) is 7.11 Å². The molecule has 1 N–H and O–H groups in total. The summed E-state index contributed by atoms with van der Waals surface area (Å²) in [4.78, 5) is 0. The summed E-state index contributed by atoms with van der Waals surface area (Å²) in [6.07, 6.45) is 1.14. The minimum atomic E-state index is 0.384. The van der Waals surface area contributed by atoms with Crippen LogP contribution in [0, 0.1) is 0 Å². The molecule has 0 amide bonds. The summed E-state index contributed by atoms with van der Waals surface area (Å²) in [6, 6.07) is 8.97. The van der Waals surface area contributed by atoms with Crippen molar-refractivity contribution in [3.8, 4) is 0 Å². The molecule has 1 heterocycles. The van der Waals surface area contributed by atoms with Crippen molar-refractivity contribution in [2.24, 2.45) is 0 Å². The molecule has 70 valence electrons. The Hall–Kier alpha value is -0.860. The molecule has 0 radical (unpaired) electrons. The molecule has 1 aliphatic heterocycles. The molecule has 0 saturated heterocycles. The Kier molecular flexibility index (Phi) is 2.62. The van der Waals surface area contributed by atoms with E-state index in [-0.39, 0.29) is 0 Å². The number of rotatable bonds is 2. The lowest BCUT2D eigenvalue weighted by atomic mass is 9.95. The Bertz CT molecular complexity index is 285. The average molecular weight is 177 g/mol. The van der Waals surface area contributed by atoms with Crippen LogP contribution in [0.4, 0.5) is 0 Å². The maximum atomic E-state index is 5.18. The van der Waals surface area contributed by atoms with Crippen molar-refractivity contribution in [3.63, 3.8) is 0 Å². The Balaban J connectivity index is 2.26. The molecule has 0 spiro atoms. The second kappa shape index (κ2) is 3.90. The minimum Gasteiger partial charge on any atom is -0.383 e. The van der Waals surface area contributed by atoms with Gasteiger partial charge in [0.2, 0.25) is 0 Å². The van der Waals surface area contributed by atoms with Gasteiger partial charge in [-0.25, -0.2) is 0 Å². The first kappa shape index (κ1) is 8.73. The number of benzene rings is 1. The van der Waals surface area contributed by atoms with E-state index in [2.05, 4.69) is 29.6 Å². The van der Waals surface area contributed by atoms with Crippen molar-refractivity contribution in [3.05, 3.63) is 35.4 Å². The van der Waals surface area contributed by atoms with Crippen LogP contribution in [-0.4, -0.2) is 20.3 Å². The highest BCUT2D eigenvalue weighted by molar-refractivity contribution is 5.32. The summed E-state index contributed by atoms with van der Waals surface area (Å²) >= 11 is 0. The van der Waals surface area contributed by atoms with Gasteiger partial charge in [0, 0.05) is 7.11 Å². The van der Waals surface area contributed by atoms with Gasteiger partial charge in [-0.3, -0.25) is 0 Å². The first-order chi connectivity index (χ1) is 6.42. The van der Waals surface area contributed by atoms with Gasteiger partial charge < -0.3 is 10.1 Å². The van der Waals surface area contributed by atoms with E-state index in [1.165, 1.54) is 11.1 Å². The number of hydrogen-bond acceptors (Lipinski definition) is 2. The molecule has 0 aliphatic carbocycles. The van der Waals surface area contributed by atoms with E-state index >= 15 is 0 Å². The van der Waals surface area contributed by atoms with Crippen LogP contribution in [0.15, 0.2) is 24.3 Å². The fourth-order valence-electron chi connectivity index (χ4n) is 1.91. The van der Waals surface area contributed by atoms with Crippen LogP contribution in [0.3, 0.4) is 0 Å². The summed E-state index contributed by atoms with van der Waals surface area (Å²) in [7, 11) is 1.75. The number of methoxy groups -OCH3 is 1. The van der Waals surface area contributed by atoms with Gasteiger partial charge >= 0.3 is 0 Å². The number of fused-ring (bicyclic) bond motifs is 1. The zero-order valence-corrected chi connectivity index (χ0v) is 7.92. The quantitative estimate of drug-likeness (QED) is 0.739. The highest BCUT2D eigenvalue weighted by atomic mass is 16.5. The van der Waals surface area contributed by atoms with E-state index < -0.39 is 0 Å². The van der Waals surface area contributed by atoms with Gasteiger partial charge in [-0.2, -0.15) is 0 Å². The lowest BCUT2D eigenvalue weighted by Gasteiger charge is -2.26. The lowest BCUT2D eigenvalue weighted by molar-refractivity contribution is 0.164. The predicted molar refractivity (Wildman–Crippen MR) is 52.8 cm³/mol. The fourth-order valence-corrected chi connectivity index (χ4v) is 1.91. The molecule has 1 aromatic carbocycles. The van der Waals surface area contributed by atoms with Crippen molar-refractivity contribution in [1.29, 1.82) is 0 Å². The largest absolute Gasteiger partial charge is 0.383 e. The second-order valence-corrected chi connectivity index (χ2v) is 3.41. The van der Waals surface area contributed by atoms with Crippen LogP contribution >= 0.6 is 0 Å². The Labute approximate surface area is 78.9 Å². The van der Waals surface area contributed by atoms with E-state index in [4.69, 9.17) is 4.74 Å². The molecule has 0 bridgehead atoms. The van der Waals surface area contributed by atoms with E-state index in [0.29, 0.717) is 6.04 Å². The highest BCUT2D eigenvalue weighted by Gasteiger charge is 2.17. The van der Waals surface area contributed by atoms with E-state index in [1.807, 2.05) is 0 Å². The lowest BCUT2D eigenvalue weighted by Crippen LogP contribution is -2.32. The van der Waals surface area contributed by atoms with Gasteiger partial charge in [-0.1, -0.05) is 24.3 Å². The van der Waals surface area contributed by atoms with E-state index in [0.717, 1.165) is 19.6 Å². The van der Waals surface area contributed by atoms with Crippen LogP contribution in [0.5, 0.6) is 0 Å². The predicted octanol–water partition coefficient (Wildman–Crippen LogP) is 1.52. The third kappa shape index (κ3) is 1.74. The smallest absolute Gasteiger partial charge is 0.0657 e. The van der Waals surface area contributed by atoms with Crippen LogP contribution in [0.1, 0.15) is 17.2 Å². The minimum absolute atomic E-state index is 0.384. The maximum absolute atomic E-state index is 5.18. The van der Waals surface area contributed by atoms with Crippen molar-refractivity contribution < 1.29 is 4.74 Å². The summed E-state index contributed by atoms with van der Waals surface area (Å²) < 4.78 is 5.18. The topological polar surface area (TPSA) is 21.3 Å². The molecule has 2 heteroatoms. The van der Waals surface area contributed by atoms with Crippen LogP contribution < -0.4 is 5.32 Å². The fraction of sp³-hybridized carbons (Fsp3) is 0.455. The zero-order valence-electron chi connectivity index (χ0n) is 7.92. The summed E-state index contributed by atoms with van der Waals surface area (Å²) in [5.74, 6) is 0. The molecule has 0 unspecified atom stereocenters. The SMILES string of the molecule is COC[C@H]1NCCc2ccccc21. The van der Waals surface area contributed by atoms with Crippen molar-refractivity contribution in [2.45, 2.75) is 12.5 Å². The van der Waals surface area contributed by atoms with Crippen molar-refractivity contribution in [2.75, 3.05) is 20.3 Å². The van der Waals surface area contributed by atoms with E-state index in [9.17, 15) is 0 Å². The van der Waals surface area contributed by atoms with Gasteiger partial charge in [0.25, 0.3) is 0 Å². The molecule has 13 heavy (non-hydrogen) atoms. The molecule has 0 aromatic heterocycles. The third-order valence-electron chi connectivity index (χ3n) is 2.55. The van der Waals surface area contributed by atoms with Gasteiger partial charge in [0.15, 0.2) is 0 Å². The molecule has 1 aromatic rings. The molecule has 2 rings (SSSR count).